The number of ether oxygens (including phenoxy) is 2. The zero-order valence-electron chi connectivity index (χ0n) is 13.6. The molecule has 0 atom stereocenters. The maximum Gasteiger partial charge on any atom is 0.243 e. The molecule has 1 N–H and O–H groups in total. The fourth-order valence-corrected chi connectivity index (χ4v) is 1.96. The summed E-state index contributed by atoms with van der Waals surface area (Å²) in [5.41, 5.74) is 2.39. The third-order valence-corrected chi connectivity index (χ3v) is 3.22. The van der Waals surface area contributed by atoms with E-state index in [1.165, 1.54) is 5.56 Å². The molecule has 1 rings (SSSR count). The van der Waals surface area contributed by atoms with E-state index in [-0.39, 0.29) is 5.91 Å². The molecule has 0 aliphatic carbocycles. The van der Waals surface area contributed by atoms with Crippen LogP contribution >= 0.6 is 0 Å². The minimum absolute atomic E-state index is 0.0255. The molecule has 0 bridgehead atoms. The van der Waals surface area contributed by atoms with Crippen molar-refractivity contribution in [3.05, 3.63) is 47.5 Å². The van der Waals surface area contributed by atoms with Crippen molar-refractivity contribution in [1.82, 2.24) is 5.32 Å². The molecule has 4 heteroatoms. The zero-order chi connectivity index (χ0) is 16.0. The predicted octanol–water partition coefficient (Wildman–Crippen LogP) is 2.73. The molecule has 1 amide bonds. The van der Waals surface area contributed by atoms with Gasteiger partial charge in [0.15, 0.2) is 0 Å². The minimum Gasteiger partial charge on any atom is -0.382 e. The highest BCUT2D eigenvalue weighted by Crippen LogP contribution is 2.08. The summed E-state index contributed by atoms with van der Waals surface area (Å²) in [6, 6.07) is 10.3. The maximum atomic E-state index is 11.8. The van der Waals surface area contributed by atoms with Gasteiger partial charge in [-0.15, -0.1) is 0 Å². The smallest absolute Gasteiger partial charge is 0.243 e. The quantitative estimate of drug-likeness (QED) is 0.505. The lowest BCUT2D eigenvalue weighted by Gasteiger charge is -2.05. The number of rotatable bonds is 11. The van der Waals surface area contributed by atoms with Crippen molar-refractivity contribution in [1.29, 1.82) is 0 Å². The Morgan fingerprint density at radius 1 is 1.18 bits per heavy atom. The van der Waals surface area contributed by atoms with Crippen LogP contribution in [0.25, 0.3) is 0 Å². The molecule has 0 unspecified atom stereocenters. The largest absolute Gasteiger partial charge is 0.382 e. The third-order valence-electron chi connectivity index (χ3n) is 3.22. The molecule has 0 fully saturated rings. The Morgan fingerprint density at radius 3 is 2.68 bits per heavy atom. The molecule has 4 nitrogen and oxygen atoms in total. The van der Waals surface area contributed by atoms with Gasteiger partial charge in [-0.1, -0.05) is 35.9 Å². The van der Waals surface area contributed by atoms with Crippen LogP contribution in [0.15, 0.2) is 42.0 Å². The van der Waals surface area contributed by atoms with Gasteiger partial charge in [0.1, 0.15) is 0 Å². The van der Waals surface area contributed by atoms with Crippen LogP contribution in [-0.2, 0) is 20.7 Å². The highest BCUT2D eigenvalue weighted by molar-refractivity contribution is 5.88. The Kier molecular flexibility index (Phi) is 9.99. The van der Waals surface area contributed by atoms with E-state index in [0.29, 0.717) is 26.4 Å². The number of aryl methyl sites for hydroxylation is 1. The highest BCUT2D eigenvalue weighted by atomic mass is 16.5. The zero-order valence-corrected chi connectivity index (χ0v) is 13.6. The molecule has 0 aliphatic heterocycles. The van der Waals surface area contributed by atoms with Crippen molar-refractivity contribution in [3.63, 3.8) is 0 Å². The summed E-state index contributed by atoms with van der Waals surface area (Å²) in [5, 5.41) is 2.88. The van der Waals surface area contributed by atoms with Gasteiger partial charge >= 0.3 is 0 Å². The SMILES string of the molecule is COCCOCCCNC(=O)/C=C(\C)CCc1ccccc1. The lowest BCUT2D eigenvalue weighted by atomic mass is 10.1. The van der Waals surface area contributed by atoms with Crippen molar-refractivity contribution in [3.8, 4) is 0 Å². The van der Waals surface area contributed by atoms with Gasteiger partial charge in [-0.2, -0.15) is 0 Å². The molecular weight excluding hydrogens is 278 g/mol. The molecular formula is C18H27NO3. The number of benzene rings is 1. The summed E-state index contributed by atoms with van der Waals surface area (Å²) in [4.78, 5) is 11.8. The molecule has 0 saturated carbocycles. The molecule has 0 radical (unpaired) electrons. The van der Waals surface area contributed by atoms with E-state index < -0.39 is 0 Å². The standard InChI is InChI=1S/C18H27NO3/c1-16(9-10-17-7-4-3-5-8-17)15-18(20)19-11-6-12-22-14-13-21-2/h3-5,7-8,15H,6,9-14H2,1-2H3,(H,19,20)/b16-15+. The van der Waals surface area contributed by atoms with Gasteiger partial charge in [0.2, 0.25) is 5.91 Å². The Labute approximate surface area is 133 Å². The van der Waals surface area contributed by atoms with Crippen molar-refractivity contribution in [2.24, 2.45) is 0 Å². The van der Waals surface area contributed by atoms with Gasteiger partial charge in [-0.05, 0) is 31.7 Å². The first kappa shape index (κ1) is 18.4. The van der Waals surface area contributed by atoms with Crippen LogP contribution in [0.4, 0.5) is 0 Å². The normalized spacial score (nSPS) is 11.5. The highest BCUT2D eigenvalue weighted by Gasteiger charge is 1.99. The summed E-state index contributed by atoms with van der Waals surface area (Å²) >= 11 is 0. The number of hydrogen-bond acceptors (Lipinski definition) is 3. The number of carbonyl (C=O) groups is 1. The van der Waals surface area contributed by atoms with Crippen molar-refractivity contribution in [2.45, 2.75) is 26.2 Å². The number of carbonyl (C=O) groups excluding carboxylic acids is 1. The van der Waals surface area contributed by atoms with Gasteiger partial charge in [0, 0.05) is 26.3 Å². The fraction of sp³-hybridized carbons (Fsp3) is 0.500. The van der Waals surface area contributed by atoms with Gasteiger partial charge in [-0.3, -0.25) is 4.79 Å². The summed E-state index contributed by atoms with van der Waals surface area (Å²) in [7, 11) is 1.65. The number of nitrogens with one attached hydrogen (secondary N) is 1. The van der Waals surface area contributed by atoms with E-state index in [1.54, 1.807) is 13.2 Å². The van der Waals surface area contributed by atoms with E-state index in [0.717, 1.165) is 24.8 Å². The fourth-order valence-electron chi connectivity index (χ4n) is 1.96. The van der Waals surface area contributed by atoms with Crippen LogP contribution in [-0.4, -0.2) is 39.4 Å². The second-order valence-electron chi connectivity index (χ2n) is 5.23. The van der Waals surface area contributed by atoms with Crippen LogP contribution in [0.3, 0.4) is 0 Å². The first-order valence-corrected chi connectivity index (χ1v) is 7.78. The number of methoxy groups -OCH3 is 1. The monoisotopic (exact) mass is 305 g/mol. The van der Waals surface area contributed by atoms with E-state index >= 15 is 0 Å². The van der Waals surface area contributed by atoms with Crippen molar-refractivity contribution in [2.75, 3.05) is 33.5 Å². The van der Waals surface area contributed by atoms with E-state index in [9.17, 15) is 4.79 Å². The second-order valence-corrected chi connectivity index (χ2v) is 5.23. The molecule has 0 spiro atoms. The number of allylic oxidation sites excluding steroid dienone is 1. The molecule has 22 heavy (non-hydrogen) atoms. The summed E-state index contributed by atoms with van der Waals surface area (Å²) in [6.45, 7) is 4.48. The molecule has 0 aromatic heterocycles. The van der Waals surface area contributed by atoms with Crippen LogP contribution in [0.2, 0.25) is 0 Å². The second kappa shape index (κ2) is 12.0. The molecule has 1 aromatic rings. The minimum atomic E-state index is -0.0255. The summed E-state index contributed by atoms with van der Waals surface area (Å²) in [6.07, 6.45) is 4.36. The van der Waals surface area contributed by atoms with E-state index in [4.69, 9.17) is 9.47 Å². The van der Waals surface area contributed by atoms with E-state index in [2.05, 4.69) is 17.4 Å². The molecule has 0 heterocycles. The van der Waals surface area contributed by atoms with Crippen molar-refractivity contribution < 1.29 is 14.3 Å². The van der Waals surface area contributed by atoms with Crippen LogP contribution in [0, 0.1) is 0 Å². The summed E-state index contributed by atoms with van der Waals surface area (Å²) in [5.74, 6) is -0.0255. The molecule has 0 saturated heterocycles. The average Bonchev–Trinajstić information content (AvgIpc) is 2.53. The van der Waals surface area contributed by atoms with Crippen LogP contribution < -0.4 is 5.32 Å². The Bertz CT molecular complexity index is 443. The Hall–Kier alpha value is -1.65. The van der Waals surface area contributed by atoms with Gasteiger partial charge in [0.25, 0.3) is 0 Å². The number of amides is 1. The Morgan fingerprint density at radius 2 is 1.95 bits per heavy atom. The van der Waals surface area contributed by atoms with Crippen molar-refractivity contribution >= 4 is 5.91 Å². The summed E-state index contributed by atoms with van der Waals surface area (Å²) < 4.78 is 10.2. The maximum absolute atomic E-state index is 11.8. The van der Waals surface area contributed by atoms with Gasteiger partial charge in [0.05, 0.1) is 13.2 Å². The van der Waals surface area contributed by atoms with Gasteiger partial charge in [-0.25, -0.2) is 0 Å². The Balaban J connectivity index is 2.11. The third kappa shape index (κ3) is 9.32. The molecule has 0 aliphatic rings. The average molecular weight is 305 g/mol. The first-order chi connectivity index (χ1) is 10.7. The topological polar surface area (TPSA) is 47.6 Å². The lowest BCUT2D eigenvalue weighted by Crippen LogP contribution is -2.23. The first-order valence-electron chi connectivity index (χ1n) is 7.78. The molecule has 1 aromatic carbocycles. The molecule has 122 valence electrons. The number of hydrogen-bond donors (Lipinski definition) is 1. The van der Waals surface area contributed by atoms with Crippen LogP contribution in [0.5, 0.6) is 0 Å². The van der Waals surface area contributed by atoms with Crippen LogP contribution in [0.1, 0.15) is 25.3 Å². The van der Waals surface area contributed by atoms with E-state index in [1.807, 2.05) is 25.1 Å². The predicted molar refractivity (Wildman–Crippen MR) is 88.8 cm³/mol. The lowest BCUT2D eigenvalue weighted by molar-refractivity contribution is -0.116. The van der Waals surface area contributed by atoms with Gasteiger partial charge < -0.3 is 14.8 Å².